The molecular formula is C24H43Sn. The van der Waals surface area contributed by atoms with E-state index >= 15 is 0 Å². The van der Waals surface area contributed by atoms with Crippen molar-refractivity contribution < 1.29 is 0 Å². The molecule has 0 spiro atoms. The van der Waals surface area contributed by atoms with Gasteiger partial charge in [0.05, 0.1) is 0 Å². The van der Waals surface area contributed by atoms with Crippen LogP contribution in [0, 0.1) is 23.2 Å². The average Bonchev–Trinajstić information content (AvgIpc) is 2.70. The molecule has 3 saturated carbocycles. The number of hydrogen-bond acceptors (Lipinski definition) is 0. The molecule has 0 nitrogen and oxygen atoms in total. The summed E-state index contributed by atoms with van der Waals surface area (Å²) in [4.78, 5) is 0. The summed E-state index contributed by atoms with van der Waals surface area (Å²) in [7, 11) is 0. The molecule has 0 saturated heterocycles. The van der Waals surface area contributed by atoms with Gasteiger partial charge >= 0.3 is 172 Å². The van der Waals surface area contributed by atoms with E-state index in [1.54, 1.807) is 112 Å². The predicted octanol–water partition coefficient (Wildman–Crippen LogP) is 7.86. The average molecular weight is 450 g/mol. The van der Waals surface area contributed by atoms with Gasteiger partial charge in [0.1, 0.15) is 0 Å². The molecule has 0 aromatic rings. The van der Waals surface area contributed by atoms with E-state index in [0.717, 1.165) is 23.2 Å². The standard InChI is InChI=1S/C24H43.Sn/c1-2-3-13-20-24(21-14-7-4-8-15-21,22-16-9-5-10-17-22)23-18-11-6-12-19-23;/h21-23H,1-20H2;. The van der Waals surface area contributed by atoms with Gasteiger partial charge in [-0.05, 0) is 0 Å². The number of unbranched alkanes of at least 4 members (excludes halogenated alkanes) is 2. The first-order valence-electron chi connectivity index (χ1n) is 12.0. The van der Waals surface area contributed by atoms with Crippen molar-refractivity contribution in [2.45, 2.75) is 126 Å². The Hall–Kier alpha value is 0.799. The van der Waals surface area contributed by atoms with Gasteiger partial charge < -0.3 is 0 Å². The van der Waals surface area contributed by atoms with Gasteiger partial charge in [-0.25, -0.2) is 0 Å². The van der Waals surface area contributed by atoms with E-state index < -0.39 is 0 Å². The maximum absolute atomic E-state index is 1.75. The summed E-state index contributed by atoms with van der Waals surface area (Å²) in [5.74, 6) is 3.29. The van der Waals surface area contributed by atoms with Crippen molar-refractivity contribution in [1.29, 1.82) is 0 Å². The molecule has 0 N–H and O–H groups in total. The summed E-state index contributed by atoms with van der Waals surface area (Å²) in [5, 5.41) is 0. The normalized spacial score (nSPS) is 25.3. The van der Waals surface area contributed by atoms with Crippen molar-refractivity contribution in [3.05, 3.63) is 0 Å². The Morgan fingerprint density at radius 2 is 0.920 bits per heavy atom. The molecule has 0 heterocycles. The molecule has 3 radical (unpaired) electrons. The van der Waals surface area contributed by atoms with Crippen molar-refractivity contribution in [2.24, 2.45) is 23.2 Å². The molecule has 1 heteroatoms. The first-order chi connectivity index (χ1) is 12.4. The Balaban J connectivity index is 1.82. The van der Waals surface area contributed by atoms with E-state index in [2.05, 4.69) is 0 Å². The van der Waals surface area contributed by atoms with Gasteiger partial charge in [-0.1, -0.05) is 0 Å². The van der Waals surface area contributed by atoms with E-state index in [4.69, 9.17) is 0 Å². The summed E-state index contributed by atoms with van der Waals surface area (Å²) >= 11 is 1.75. The van der Waals surface area contributed by atoms with Gasteiger partial charge in [-0.15, -0.1) is 0 Å². The quantitative estimate of drug-likeness (QED) is 0.261. The third kappa shape index (κ3) is 5.20. The zero-order chi connectivity index (χ0) is 17.4. The summed E-state index contributed by atoms with van der Waals surface area (Å²) in [5.41, 5.74) is 0.766. The minimum atomic E-state index is 0.766. The van der Waals surface area contributed by atoms with Crippen LogP contribution in [0.4, 0.5) is 0 Å². The first-order valence-corrected chi connectivity index (χ1v) is 14.0. The van der Waals surface area contributed by atoms with Crippen LogP contribution in [0.5, 0.6) is 0 Å². The third-order valence-corrected chi connectivity index (χ3v) is 9.39. The molecule has 0 bridgehead atoms. The Kier molecular flexibility index (Phi) is 9.00. The van der Waals surface area contributed by atoms with Crippen LogP contribution >= 0.6 is 0 Å². The van der Waals surface area contributed by atoms with Crippen LogP contribution in [0.15, 0.2) is 0 Å². The first kappa shape index (κ1) is 20.5. The van der Waals surface area contributed by atoms with E-state index in [1.807, 2.05) is 0 Å². The van der Waals surface area contributed by atoms with Crippen LogP contribution < -0.4 is 0 Å². The van der Waals surface area contributed by atoms with Crippen LogP contribution in [0.3, 0.4) is 0 Å². The molecule has 3 rings (SSSR count). The molecule has 3 aliphatic carbocycles. The Morgan fingerprint density at radius 1 is 0.520 bits per heavy atom. The molecule has 0 atom stereocenters. The molecule has 25 heavy (non-hydrogen) atoms. The molecule has 0 aromatic heterocycles. The third-order valence-electron chi connectivity index (χ3n) is 8.38. The zero-order valence-electron chi connectivity index (χ0n) is 16.9. The van der Waals surface area contributed by atoms with E-state index in [-0.39, 0.29) is 0 Å². The van der Waals surface area contributed by atoms with Gasteiger partial charge in [-0.2, -0.15) is 0 Å². The van der Waals surface area contributed by atoms with Crippen molar-refractivity contribution >= 4 is 22.5 Å². The van der Waals surface area contributed by atoms with Crippen molar-refractivity contribution in [3.63, 3.8) is 0 Å². The summed E-state index contributed by atoms with van der Waals surface area (Å²) in [6, 6.07) is 0. The van der Waals surface area contributed by atoms with Crippen LogP contribution in [0.25, 0.3) is 0 Å². The molecule has 0 unspecified atom stereocenters. The minimum absolute atomic E-state index is 0.766. The second kappa shape index (κ2) is 11.0. The van der Waals surface area contributed by atoms with Crippen LogP contribution in [-0.2, 0) is 0 Å². The van der Waals surface area contributed by atoms with E-state index in [1.165, 1.54) is 36.5 Å². The van der Waals surface area contributed by atoms with Crippen LogP contribution in [0.1, 0.15) is 122 Å². The van der Waals surface area contributed by atoms with E-state index in [9.17, 15) is 0 Å². The topological polar surface area (TPSA) is 0 Å². The molecule has 0 aromatic carbocycles. The monoisotopic (exact) mass is 451 g/mol. The molecule has 3 fully saturated rings. The molecule has 3 aliphatic rings. The fourth-order valence-electron chi connectivity index (χ4n) is 7.27. The summed E-state index contributed by atoms with van der Waals surface area (Å²) in [6.07, 6.45) is 29.6. The van der Waals surface area contributed by atoms with Crippen LogP contribution in [0.2, 0.25) is 4.44 Å². The SMILES string of the molecule is [Sn][CH2]CCCCC(C1CCCCC1)(C1CCCCC1)C1CCCCC1. The zero-order valence-corrected chi connectivity index (χ0v) is 19.7. The molecule has 0 aliphatic heterocycles. The van der Waals surface area contributed by atoms with Gasteiger partial charge in [-0.3, -0.25) is 0 Å². The van der Waals surface area contributed by atoms with Crippen molar-refractivity contribution in [1.82, 2.24) is 0 Å². The Labute approximate surface area is 171 Å². The van der Waals surface area contributed by atoms with Crippen LogP contribution in [-0.4, -0.2) is 22.5 Å². The summed E-state index contributed by atoms with van der Waals surface area (Å²) < 4.78 is 1.48. The predicted molar refractivity (Wildman–Crippen MR) is 111 cm³/mol. The fourth-order valence-corrected chi connectivity index (χ4v) is 7.98. The second-order valence-electron chi connectivity index (χ2n) is 9.68. The molecule has 143 valence electrons. The van der Waals surface area contributed by atoms with E-state index in [0.29, 0.717) is 0 Å². The van der Waals surface area contributed by atoms with Crippen molar-refractivity contribution in [2.75, 3.05) is 0 Å². The Morgan fingerprint density at radius 3 is 1.28 bits per heavy atom. The van der Waals surface area contributed by atoms with Gasteiger partial charge in [0.15, 0.2) is 0 Å². The molecule has 0 amide bonds. The molecular weight excluding hydrogens is 407 g/mol. The number of rotatable bonds is 8. The number of hydrogen-bond donors (Lipinski definition) is 0. The van der Waals surface area contributed by atoms with Crippen molar-refractivity contribution in [3.8, 4) is 0 Å². The Bertz CT molecular complexity index is 300. The van der Waals surface area contributed by atoms with Gasteiger partial charge in [0.2, 0.25) is 0 Å². The van der Waals surface area contributed by atoms with Gasteiger partial charge in [0, 0.05) is 0 Å². The fraction of sp³-hybridized carbons (Fsp3) is 1.00. The maximum atomic E-state index is 1.75. The van der Waals surface area contributed by atoms with Gasteiger partial charge in [0.25, 0.3) is 0 Å². The second-order valence-corrected chi connectivity index (χ2v) is 11.1. The summed E-state index contributed by atoms with van der Waals surface area (Å²) in [6.45, 7) is 0.